The maximum absolute atomic E-state index is 9.06. The molecule has 0 saturated carbocycles. The molecule has 0 saturated heterocycles. The minimum absolute atomic E-state index is 0.573. The molecule has 0 aromatic heterocycles. The Morgan fingerprint density at radius 1 is 0.944 bits per heavy atom. The Morgan fingerprint density at radius 3 is 2.28 bits per heavy atom. The highest BCUT2D eigenvalue weighted by Crippen LogP contribution is 2.31. The number of rotatable bonds is 2. The Hall–Kier alpha value is -2.23. The summed E-state index contributed by atoms with van der Waals surface area (Å²) in [6, 6.07) is 17.4. The summed E-state index contributed by atoms with van der Waals surface area (Å²) in [6.07, 6.45) is 0. The molecular formula is C15H10N2S. The monoisotopic (exact) mass is 250 g/mol. The summed E-state index contributed by atoms with van der Waals surface area (Å²) in [5, 5.41) is 17.9. The van der Waals surface area contributed by atoms with Gasteiger partial charge in [-0.2, -0.15) is 10.5 Å². The molecule has 0 atom stereocenters. The van der Waals surface area contributed by atoms with Crippen molar-refractivity contribution in [2.75, 3.05) is 0 Å². The van der Waals surface area contributed by atoms with E-state index in [0.29, 0.717) is 11.1 Å². The number of nitriles is 2. The molecule has 0 heterocycles. The summed E-state index contributed by atoms with van der Waals surface area (Å²) in [7, 11) is 0. The van der Waals surface area contributed by atoms with E-state index < -0.39 is 0 Å². The fraction of sp³-hybridized carbons (Fsp3) is 0.0667. The predicted octanol–water partition coefficient (Wildman–Crippen LogP) is 3.89. The van der Waals surface area contributed by atoms with Gasteiger partial charge in [-0.25, -0.2) is 0 Å². The Labute approximate surface area is 110 Å². The molecule has 2 nitrogen and oxygen atoms in total. The predicted molar refractivity (Wildman–Crippen MR) is 71.2 cm³/mol. The summed E-state index contributed by atoms with van der Waals surface area (Å²) >= 11 is 1.50. The van der Waals surface area contributed by atoms with Crippen molar-refractivity contribution in [2.24, 2.45) is 0 Å². The molecule has 0 aliphatic carbocycles. The van der Waals surface area contributed by atoms with E-state index >= 15 is 0 Å². The van der Waals surface area contributed by atoms with Gasteiger partial charge < -0.3 is 0 Å². The van der Waals surface area contributed by atoms with E-state index in [1.807, 2.05) is 31.2 Å². The minimum Gasteiger partial charge on any atom is -0.192 e. The van der Waals surface area contributed by atoms with E-state index in [-0.39, 0.29) is 0 Å². The Kier molecular flexibility index (Phi) is 3.67. The van der Waals surface area contributed by atoms with Gasteiger partial charge in [0.2, 0.25) is 0 Å². The topological polar surface area (TPSA) is 47.6 Å². The largest absolute Gasteiger partial charge is 0.192 e. The zero-order valence-corrected chi connectivity index (χ0v) is 10.7. The minimum atomic E-state index is 0.573. The van der Waals surface area contributed by atoms with Gasteiger partial charge in [0.25, 0.3) is 0 Å². The van der Waals surface area contributed by atoms with E-state index in [9.17, 15) is 0 Å². The zero-order chi connectivity index (χ0) is 13.0. The third-order valence-electron chi connectivity index (χ3n) is 2.48. The molecule has 86 valence electrons. The number of benzene rings is 2. The Bertz CT molecular complexity index is 646. The first kappa shape index (κ1) is 12.2. The maximum Gasteiger partial charge on any atom is 0.100 e. The van der Waals surface area contributed by atoms with Crippen molar-refractivity contribution in [1.29, 1.82) is 10.5 Å². The molecule has 0 spiro atoms. The Balaban J connectivity index is 2.36. The first-order chi connectivity index (χ1) is 8.72. The molecule has 0 aliphatic heterocycles. The standard InChI is InChI=1S/C15H10N2S/c1-11-2-6-14(7-3-11)18-15-8-12(9-16)4-5-13(15)10-17/h2-8H,1H3. The van der Waals surface area contributed by atoms with Crippen molar-refractivity contribution in [3.05, 3.63) is 59.2 Å². The summed E-state index contributed by atoms with van der Waals surface area (Å²) in [5.41, 5.74) is 2.37. The SMILES string of the molecule is Cc1ccc(Sc2cc(C#N)ccc2C#N)cc1. The quantitative estimate of drug-likeness (QED) is 0.812. The molecule has 18 heavy (non-hydrogen) atoms. The van der Waals surface area contributed by atoms with Crippen LogP contribution in [0.4, 0.5) is 0 Å². The van der Waals surface area contributed by atoms with E-state index in [2.05, 4.69) is 12.1 Å². The van der Waals surface area contributed by atoms with Crippen molar-refractivity contribution in [3.63, 3.8) is 0 Å². The third-order valence-corrected chi connectivity index (χ3v) is 3.55. The van der Waals surface area contributed by atoms with Crippen molar-refractivity contribution >= 4 is 11.8 Å². The van der Waals surface area contributed by atoms with E-state index in [1.165, 1.54) is 17.3 Å². The molecule has 0 radical (unpaired) electrons. The van der Waals surface area contributed by atoms with Crippen molar-refractivity contribution in [1.82, 2.24) is 0 Å². The van der Waals surface area contributed by atoms with Gasteiger partial charge in [-0.15, -0.1) is 0 Å². The average Bonchev–Trinajstić information content (AvgIpc) is 2.41. The lowest BCUT2D eigenvalue weighted by molar-refractivity contribution is 1.32. The molecule has 0 fully saturated rings. The molecule has 0 amide bonds. The van der Waals surface area contributed by atoms with Gasteiger partial charge in [-0.3, -0.25) is 0 Å². The van der Waals surface area contributed by atoms with Crippen molar-refractivity contribution < 1.29 is 0 Å². The van der Waals surface area contributed by atoms with Crippen LogP contribution in [0.1, 0.15) is 16.7 Å². The normalized spacial score (nSPS) is 9.50. The number of hydrogen-bond donors (Lipinski definition) is 0. The van der Waals surface area contributed by atoms with Gasteiger partial charge in [0.05, 0.1) is 17.2 Å². The summed E-state index contributed by atoms with van der Waals surface area (Å²) in [4.78, 5) is 1.88. The molecule has 0 unspecified atom stereocenters. The Morgan fingerprint density at radius 2 is 1.67 bits per heavy atom. The van der Waals surface area contributed by atoms with Crippen LogP contribution in [0.15, 0.2) is 52.3 Å². The van der Waals surface area contributed by atoms with Gasteiger partial charge in [0.15, 0.2) is 0 Å². The molecule has 2 rings (SSSR count). The van der Waals surface area contributed by atoms with Crippen LogP contribution in [0, 0.1) is 29.6 Å². The second-order valence-electron chi connectivity index (χ2n) is 3.85. The van der Waals surface area contributed by atoms with Crippen LogP contribution in [0.5, 0.6) is 0 Å². The zero-order valence-electron chi connectivity index (χ0n) is 9.84. The van der Waals surface area contributed by atoms with Crippen LogP contribution in [0.2, 0.25) is 0 Å². The average molecular weight is 250 g/mol. The second kappa shape index (κ2) is 5.40. The van der Waals surface area contributed by atoms with Crippen LogP contribution >= 0.6 is 11.8 Å². The number of hydrogen-bond acceptors (Lipinski definition) is 3. The van der Waals surface area contributed by atoms with Crippen LogP contribution < -0.4 is 0 Å². The molecular weight excluding hydrogens is 240 g/mol. The van der Waals surface area contributed by atoms with Gasteiger partial charge >= 0.3 is 0 Å². The van der Waals surface area contributed by atoms with Crippen LogP contribution in [-0.2, 0) is 0 Å². The smallest absolute Gasteiger partial charge is 0.100 e. The first-order valence-electron chi connectivity index (χ1n) is 5.41. The summed E-state index contributed by atoms with van der Waals surface area (Å²) < 4.78 is 0. The molecule has 3 heteroatoms. The molecule has 0 N–H and O–H groups in total. The molecule has 0 aliphatic rings. The molecule has 2 aromatic carbocycles. The van der Waals surface area contributed by atoms with Gasteiger partial charge in [-0.1, -0.05) is 29.5 Å². The van der Waals surface area contributed by atoms with Gasteiger partial charge in [-0.05, 0) is 37.3 Å². The summed E-state index contributed by atoms with van der Waals surface area (Å²) in [5.74, 6) is 0. The van der Waals surface area contributed by atoms with E-state index in [4.69, 9.17) is 10.5 Å². The van der Waals surface area contributed by atoms with E-state index in [0.717, 1.165) is 9.79 Å². The summed E-state index contributed by atoms with van der Waals surface area (Å²) in [6.45, 7) is 2.03. The fourth-order valence-corrected chi connectivity index (χ4v) is 2.44. The molecule has 2 aromatic rings. The second-order valence-corrected chi connectivity index (χ2v) is 4.97. The number of aryl methyl sites for hydroxylation is 1. The maximum atomic E-state index is 9.06. The first-order valence-corrected chi connectivity index (χ1v) is 6.23. The third kappa shape index (κ3) is 2.71. The lowest BCUT2D eigenvalue weighted by Crippen LogP contribution is -1.84. The van der Waals surface area contributed by atoms with Crippen molar-refractivity contribution in [3.8, 4) is 12.1 Å². The molecule has 0 bridgehead atoms. The van der Waals surface area contributed by atoms with Crippen LogP contribution in [0.3, 0.4) is 0 Å². The highest BCUT2D eigenvalue weighted by Gasteiger charge is 2.05. The van der Waals surface area contributed by atoms with E-state index in [1.54, 1.807) is 18.2 Å². The van der Waals surface area contributed by atoms with Crippen LogP contribution in [-0.4, -0.2) is 0 Å². The van der Waals surface area contributed by atoms with Gasteiger partial charge in [0.1, 0.15) is 6.07 Å². The fourth-order valence-electron chi connectivity index (χ4n) is 1.50. The lowest BCUT2D eigenvalue weighted by atomic mass is 10.2. The van der Waals surface area contributed by atoms with Gasteiger partial charge in [0, 0.05) is 9.79 Å². The van der Waals surface area contributed by atoms with Crippen molar-refractivity contribution in [2.45, 2.75) is 16.7 Å². The number of nitrogens with zero attached hydrogens (tertiary/aromatic N) is 2. The van der Waals surface area contributed by atoms with Crippen LogP contribution in [0.25, 0.3) is 0 Å². The lowest BCUT2D eigenvalue weighted by Gasteiger charge is -2.04. The highest BCUT2D eigenvalue weighted by atomic mass is 32.2. The highest BCUT2D eigenvalue weighted by molar-refractivity contribution is 7.99.